The molecule has 1 saturated carbocycles. The van der Waals surface area contributed by atoms with Gasteiger partial charge >= 0.3 is 0 Å². The minimum Gasteiger partial charge on any atom is -0.367 e. The molecule has 0 radical (unpaired) electrons. The Balaban J connectivity index is 1.47. The number of pyridine rings is 1. The van der Waals surface area contributed by atoms with Crippen LogP contribution in [-0.2, 0) is 11.8 Å². The van der Waals surface area contributed by atoms with E-state index < -0.39 is 0 Å². The van der Waals surface area contributed by atoms with E-state index in [-0.39, 0.29) is 23.2 Å². The molecule has 1 aliphatic heterocycles. The van der Waals surface area contributed by atoms with Crippen LogP contribution in [0, 0.1) is 18.8 Å². The van der Waals surface area contributed by atoms with Gasteiger partial charge in [-0.25, -0.2) is 4.98 Å². The van der Waals surface area contributed by atoms with Gasteiger partial charge in [0.2, 0.25) is 5.91 Å². The van der Waals surface area contributed by atoms with Crippen molar-refractivity contribution < 1.29 is 4.79 Å². The van der Waals surface area contributed by atoms with E-state index in [9.17, 15) is 4.79 Å². The van der Waals surface area contributed by atoms with Gasteiger partial charge in [-0.2, -0.15) is 5.10 Å². The predicted octanol–water partition coefficient (Wildman–Crippen LogP) is 3.50. The number of aromatic nitrogens is 3. The highest BCUT2D eigenvalue weighted by Crippen LogP contribution is 2.37. The summed E-state index contributed by atoms with van der Waals surface area (Å²) in [5.41, 5.74) is 3.27. The first kappa shape index (κ1) is 19.2. The fraction of sp³-hybridized carbons (Fsp3) is 0.571. The molecule has 6 nitrogen and oxygen atoms in total. The second-order valence-electron chi connectivity index (χ2n) is 8.26. The molecule has 0 bridgehead atoms. The first-order chi connectivity index (χ1) is 13.4. The topological polar surface area (TPSA) is 71.8 Å². The lowest BCUT2D eigenvalue weighted by molar-refractivity contribution is -0.130. The predicted molar refractivity (Wildman–Crippen MR) is 111 cm³/mol. The van der Waals surface area contributed by atoms with E-state index in [0.717, 1.165) is 48.3 Å². The summed E-state index contributed by atoms with van der Waals surface area (Å²) >= 11 is 6.37. The Morgan fingerprint density at radius 2 is 2.18 bits per heavy atom. The summed E-state index contributed by atoms with van der Waals surface area (Å²) in [4.78, 5) is 17.1. The van der Waals surface area contributed by atoms with Crippen molar-refractivity contribution in [1.29, 1.82) is 0 Å². The molecule has 1 amide bonds. The van der Waals surface area contributed by atoms with Gasteiger partial charge in [0.1, 0.15) is 5.82 Å². The molecular weight excluding hydrogens is 374 g/mol. The minimum absolute atomic E-state index is 0.00519. The highest BCUT2D eigenvalue weighted by Gasteiger charge is 2.41. The number of alkyl halides is 1. The maximum atomic E-state index is 12.7. The fourth-order valence-corrected chi connectivity index (χ4v) is 4.96. The van der Waals surface area contributed by atoms with E-state index in [4.69, 9.17) is 11.6 Å². The second kappa shape index (κ2) is 7.74. The van der Waals surface area contributed by atoms with Crippen molar-refractivity contribution in [3.63, 3.8) is 0 Å². The summed E-state index contributed by atoms with van der Waals surface area (Å²) in [6.45, 7) is 4.12. The summed E-state index contributed by atoms with van der Waals surface area (Å²) < 4.78 is 1.86. The van der Waals surface area contributed by atoms with E-state index >= 15 is 0 Å². The van der Waals surface area contributed by atoms with Crippen molar-refractivity contribution in [2.75, 3.05) is 5.32 Å². The maximum Gasteiger partial charge on any atom is 0.225 e. The van der Waals surface area contributed by atoms with Crippen molar-refractivity contribution in [3.05, 3.63) is 30.2 Å². The number of halogens is 1. The molecule has 2 aromatic heterocycles. The highest BCUT2D eigenvalue weighted by molar-refractivity contribution is 6.20. The van der Waals surface area contributed by atoms with Crippen molar-refractivity contribution in [2.45, 2.75) is 57.0 Å². The van der Waals surface area contributed by atoms with Crippen LogP contribution in [0.15, 0.2) is 24.5 Å². The summed E-state index contributed by atoms with van der Waals surface area (Å²) in [6, 6.07) is 4.30. The van der Waals surface area contributed by atoms with E-state index in [1.54, 1.807) is 6.20 Å². The van der Waals surface area contributed by atoms with Crippen molar-refractivity contribution in [3.8, 4) is 11.1 Å². The molecule has 2 fully saturated rings. The number of hydrogen-bond acceptors (Lipinski definition) is 4. The third-order valence-corrected chi connectivity index (χ3v) is 6.82. The van der Waals surface area contributed by atoms with Gasteiger partial charge in [-0.15, -0.1) is 11.6 Å². The van der Waals surface area contributed by atoms with E-state index in [1.165, 1.54) is 0 Å². The van der Waals surface area contributed by atoms with Crippen LogP contribution in [0.25, 0.3) is 11.1 Å². The summed E-state index contributed by atoms with van der Waals surface area (Å²) in [7, 11) is 1.94. The van der Waals surface area contributed by atoms with E-state index in [2.05, 4.69) is 34.6 Å². The van der Waals surface area contributed by atoms with E-state index in [0.29, 0.717) is 12.0 Å². The number of anilines is 1. The molecule has 2 aromatic rings. The standard InChI is InChI=1S/C21H28ClN5O/c1-12(17-9-15-8-16(22)4-5-19(15)26-21(17)28)25-20-10-14(6-7-23-20)18-11-24-27(3)13(18)2/h6-7,10-12,15-17,19H,4-5,8-9H2,1-3H3,(H,23,25)(H,26,28)/t12-,15?,16?,17?,19?/m0/s1. The van der Waals surface area contributed by atoms with Crippen molar-refractivity contribution in [1.82, 2.24) is 20.1 Å². The number of carbonyl (C=O) groups excluding carboxylic acids is 1. The fourth-order valence-electron chi connectivity index (χ4n) is 4.60. The molecule has 1 aliphatic carbocycles. The Labute approximate surface area is 171 Å². The Morgan fingerprint density at radius 1 is 1.36 bits per heavy atom. The van der Waals surface area contributed by atoms with Crippen LogP contribution in [0.4, 0.5) is 5.82 Å². The Morgan fingerprint density at radius 3 is 2.93 bits per heavy atom. The van der Waals surface area contributed by atoms with Crippen LogP contribution in [0.1, 0.15) is 38.3 Å². The second-order valence-corrected chi connectivity index (χ2v) is 8.87. The van der Waals surface area contributed by atoms with Crippen LogP contribution < -0.4 is 10.6 Å². The van der Waals surface area contributed by atoms with Crippen molar-refractivity contribution in [2.24, 2.45) is 18.9 Å². The van der Waals surface area contributed by atoms with Crippen LogP contribution in [0.5, 0.6) is 0 Å². The number of hydrogen-bond donors (Lipinski definition) is 2. The van der Waals surface area contributed by atoms with Crippen LogP contribution in [0.3, 0.4) is 0 Å². The number of nitrogens with zero attached hydrogens (tertiary/aromatic N) is 3. The molecule has 0 aromatic carbocycles. The maximum absolute atomic E-state index is 12.7. The van der Waals surface area contributed by atoms with Gasteiger partial charge in [0.05, 0.1) is 12.1 Å². The molecule has 2 N–H and O–H groups in total. The lowest BCUT2D eigenvalue weighted by Crippen LogP contribution is -2.55. The van der Waals surface area contributed by atoms with Gasteiger partial charge in [-0.05, 0) is 63.1 Å². The van der Waals surface area contributed by atoms with E-state index in [1.807, 2.05) is 30.1 Å². The number of rotatable bonds is 4. The number of fused-ring (bicyclic) bond motifs is 1. The van der Waals surface area contributed by atoms with Crippen molar-refractivity contribution >= 4 is 23.3 Å². The average molecular weight is 402 g/mol. The number of amides is 1. The summed E-state index contributed by atoms with van der Waals surface area (Å²) in [5.74, 6) is 1.32. The smallest absolute Gasteiger partial charge is 0.225 e. The molecule has 1 saturated heterocycles. The monoisotopic (exact) mass is 401 g/mol. The number of aryl methyl sites for hydroxylation is 1. The summed E-state index contributed by atoms with van der Waals surface area (Å²) in [6.07, 6.45) is 7.53. The largest absolute Gasteiger partial charge is 0.367 e. The zero-order valence-corrected chi connectivity index (χ0v) is 17.4. The minimum atomic E-state index is -0.0752. The van der Waals surface area contributed by atoms with Gasteiger partial charge in [-0.1, -0.05) is 0 Å². The Bertz CT molecular complexity index is 866. The number of carbonyl (C=O) groups is 1. The molecule has 7 heteroatoms. The zero-order chi connectivity index (χ0) is 19.8. The molecule has 150 valence electrons. The molecule has 4 rings (SSSR count). The lowest BCUT2D eigenvalue weighted by atomic mass is 9.74. The molecule has 4 unspecified atom stereocenters. The van der Waals surface area contributed by atoms with Gasteiger partial charge in [0.25, 0.3) is 0 Å². The van der Waals surface area contributed by atoms with Gasteiger partial charge < -0.3 is 10.6 Å². The third-order valence-electron chi connectivity index (χ3n) is 6.42. The number of piperidine rings is 1. The first-order valence-electron chi connectivity index (χ1n) is 10.1. The molecule has 3 heterocycles. The first-order valence-corrected chi connectivity index (χ1v) is 10.5. The lowest BCUT2D eigenvalue weighted by Gasteiger charge is -2.42. The molecule has 0 spiro atoms. The van der Waals surface area contributed by atoms with Crippen LogP contribution in [0.2, 0.25) is 0 Å². The zero-order valence-electron chi connectivity index (χ0n) is 16.7. The Kier molecular flexibility index (Phi) is 5.32. The average Bonchev–Trinajstić information content (AvgIpc) is 3.00. The van der Waals surface area contributed by atoms with Gasteiger partial charge in [-0.3, -0.25) is 9.48 Å². The Hall–Kier alpha value is -2.08. The highest BCUT2D eigenvalue weighted by atomic mass is 35.5. The molecule has 2 aliphatic rings. The van der Waals surface area contributed by atoms with Gasteiger partial charge in [0.15, 0.2) is 0 Å². The molecule has 5 atom stereocenters. The third kappa shape index (κ3) is 3.75. The van der Waals surface area contributed by atoms with Crippen LogP contribution >= 0.6 is 11.6 Å². The number of nitrogens with one attached hydrogen (secondary N) is 2. The SMILES string of the molecule is Cc1c(-c2ccnc(N[C@@H](C)C3CC4CC(Cl)CCC4NC3=O)c2)cnn1C. The summed E-state index contributed by atoms with van der Waals surface area (Å²) in [5, 5.41) is 11.2. The quantitative estimate of drug-likeness (QED) is 0.769. The normalized spacial score (nSPS) is 28.4. The molecular formula is C21H28ClN5O. The van der Waals surface area contributed by atoms with Crippen LogP contribution in [-0.4, -0.2) is 38.1 Å². The molecule has 28 heavy (non-hydrogen) atoms. The van der Waals surface area contributed by atoms with Gasteiger partial charge in [0, 0.05) is 42.0 Å².